The summed E-state index contributed by atoms with van der Waals surface area (Å²) < 4.78 is 11.2. The van der Waals surface area contributed by atoms with Crippen LogP contribution in [-0.4, -0.2) is 28.9 Å². The summed E-state index contributed by atoms with van der Waals surface area (Å²) in [5.41, 5.74) is 1.31. The minimum Gasteiger partial charge on any atom is -0.462 e. The van der Waals surface area contributed by atoms with E-state index in [1.165, 1.54) is 10.6 Å². The van der Waals surface area contributed by atoms with Gasteiger partial charge in [-0.2, -0.15) is 0 Å². The number of fused-ring (bicyclic) bond motifs is 1. The van der Waals surface area contributed by atoms with Crippen LogP contribution in [0.1, 0.15) is 16.8 Å². The minimum atomic E-state index is -0.487. The maximum atomic E-state index is 11.7. The van der Waals surface area contributed by atoms with Crippen molar-refractivity contribution in [1.82, 2.24) is 4.57 Å². The molecule has 18 heavy (non-hydrogen) atoms. The number of ether oxygens (including phenoxy) is 1. The SMILES string of the molecule is Cn1c(=O)oc2ccc(C(=O)OCCCO)cc21. The third kappa shape index (κ3) is 2.28. The van der Waals surface area contributed by atoms with Crippen LogP contribution in [-0.2, 0) is 11.8 Å². The predicted octanol–water partition coefficient (Wildman–Crippen LogP) is 0.671. The first kappa shape index (κ1) is 12.4. The van der Waals surface area contributed by atoms with E-state index in [0.717, 1.165) is 0 Å². The summed E-state index contributed by atoms with van der Waals surface area (Å²) in [5, 5.41) is 8.59. The highest BCUT2D eigenvalue weighted by Crippen LogP contribution is 2.15. The third-order valence-electron chi connectivity index (χ3n) is 2.56. The molecule has 1 N–H and O–H groups in total. The van der Waals surface area contributed by atoms with Gasteiger partial charge < -0.3 is 14.3 Å². The van der Waals surface area contributed by atoms with E-state index in [1.807, 2.05) is 0 Å². The lowest BCUT2D eigenvalue weighted by atomic mass is 10.2. The molecule has 0 spiro atoms. The Morgan fingerprint density at radius 1 is 1.50 bits per heavy atom. The maximum absolute atomic E-state index is 11.7. The van der Waals surface area contributed by atoms with Crippen LogP contribution in [0, 0.1) is 0 Å². The summed E-state index contributed by atoms with van der Waals surface area (Å²) in [7, 11) is 1.56. The molecule has 0 fully saturated rings. The molecule has 6 nitrogen and oxygen atoms in total. The van der Waals surface area contributed by atoms with E-state index in [4.69, 9.17) is 14.3 Å². The van der Waals surface area contributed by atoms with Crippen molar-refractivity contribution < 1.29 is 19.1 Å². The molecule has 0 saturated carbocycles. The van der Waals surface area contributed by atoms with Gasteiger partial charge in [-0.1, -0.05) is 0 Å². The molecule has 0 bridgehead atoms. The van der Waals surface area contributed by atoms with Crippen molar-refractivity contribution in [3.05, 3.63) is 34.3 Å². The summed E-state index contributed by atoms with van der Waals surface area (Å²) >= 11 is 0. The normalized spacial score (nSPS) is 10.8. The lowest BCUT2D eigenvalue weighted by Crippen LogP contribution is -2.09. The molecular formula is C12H13NO5. The molecule has 96 valence electrons. The fourth-order valence-corrected chi connectivity index (χ4v) is 1.57. The molecule has 0 aliphatic rings. The van der Waals surface area contributed by atoms with Crippen LogP contribution < -0.4 is 5.76 Å². The number of esters is 1. The van der Waals surface area contributed by atoms with Crippen molar-refractivity contribution in [2.24, 2.45) is 7.05 Å². The lowest BCUT2D eigenvalue weighted by Gasteiger charge is -2.03. The Bertz CT molecular complexity index is 625. The Kier molecular flexibility index (Phi) is 3.47. The lowest BCUT2D eigenvalue weighted by molar-refractivity contribution is 0.0482. The molecule has 2 aromatic rings. The molecule has 0 aliphatic heterocycles. The second-order valence-electron chi connectivity index (χ2n) is 3.82. The summed E-state index contributed by atoms with van der Waals surface area (Å²) in [5.74, 6) is -0.963. The summed E-state index contributed by atoms with van der Waals surface area (Å²) in [6.07, 6.45) is 0.401. The van der Waals surface area contributed by atoms with Crippen molar-refractivity contribution in [2.45, 2.75) is 6.42 Å². The number of oxazole rings is 1. The summed E-state index contributed by atoms with van der Waals surface area (Å²) in [6, 6.07) is 4.63. The number of hydrogen-bond acceptors (Lipinski definition) is 5. The van der Waals surface area contributed by atoms with Gasteiger partial charge in [0, 0.05) is 20.1 Å². The number of nitrogens with zero attached hydrogens (tertiary/aromatic N) is 1. The zero-order chi connectivity index (χ0) is 13.1. The molecule has 1 aromatic heterocycles. The number of hydrogen-bond donors (Lipinski definition) is 1. The van der Waals surface area contributed by atoms with Gasteiger partial charge in [0.2, 0.25) is 0 Å². The number of benzene rings is 1. The molecule has 0 radical (unpaired) electrons. The molecule has 0 amide bonds. The second-order valence-corrected chi connectivity index (χ2v) is 3.82. The number of aromatic nitrogens is 1. The highest BCUT2D eigenvalue weighted by molar-refractivity contribution is 5.93. The van der Waals surface area contributed by atoms with Gasteiger partial charge in [-0.05, 0) is 18.2 Å². The molecule has 6 heteroatoms. The van der Waals surface area contributed by atoms with E-state index in [-0.39, 0.29) is 13.2 Å². The first-order valence-electron chi connectivity index (χ1n) is 5.51. The largest absolute Gasteiger partial charge is 0.462 e. The van der Waals surface area contributed by atoms with Crippen LogP contribution in [0.5, 0.6) is 0 Å². The predicted molar refractivity (Wildman–Crippen MR) is 63.4 cm³/mol. The van der Waals surface area contributed by atoms with Crippen LogP contribution in [0.2, 0.25) is 0 Å². The van der Waals surface area contributed by atoms with Gasteiger partial charge in [0.05, 0.1) is 17.7 Å². The van der Waals surface area contributed by atoms with E-state index in [1.54, 1.807) is 19.2 Å². The smallest absolute Gasteiger partial charge is 0.419 e. The van der Waals surface area contributed by atoms with Crippen LogP contribution in [0.15, 0.2) is 27.4 Å². The molecular weight excluding hydrogens is 238 g/mol. The third-order valence-corrected chi connectivity index (χ3v) is 2.56. The van der Waals surface area contributed by atoms with E-state index in [9.17, 15) is 9.59 Å². The Hall–Kier alpha value is -2.08. The Morgan fingerprint density at radius 2 is 2.28 bits per heavy atom. The topological polar surface area (TPSA) is 81.7 Å². The van der Waals surface area contributed by atoms with Gasteiger partial charge in [-0.25, -0.2) is 9.59 Å². The quantitative estimate of drug-likeness (QED) is 0.638. The highest BCUT2D eigenvalue weighted by atomic mass is 16.5. The second kappa shape index (κ2) is 5.05. The van der Waals surface area contributed by atoms with Crippen molar-refractivity contribution in [2.75, 3.05) is 13.2 Å². The van der Waals surface area contributed by atoms with Crippen LogP contribution in [0.4, 0.5) is 0 Å². The van der Waals surface area contributed by atoms with Gasteiger partial charge >= 0.3 is 11.7 Å². The molecule has 0 unspecified atom stereocenters. The van der Waals surface area contributed by atoms with Gasteiger partial charge in [0.1, 0.15) is 0 Å². The molecule has 0 aliphatic carbocycles. The van der Waals surface area contributed by atoms with Gasteiger partial charge in [-0.15, -0.1) is 0 Å². The number of aliphatic hydroxyl groups excluding tert-OH is 1. The van der Waals surface area contributed by atoms with Crippen molar-refractivity contribution in [3.63, 3.8) is 0 Å². The van der Waals surface area contributed by atoms with Crippen LogP contribution >= 0.6 is 0 Å². The Balaban J connectivity index is 2.26. The van der Waals surface area contributed by atoms with Crippen LogP contribution in [0.3, 0.4) is 0 Å². The van der Waals surface area contributed by atoms with Gasteiger partial charge in [0.15, 0.2) is 5.58 Å². The average molecular weight is 251 g/mol. The standard InChI is InChI=1S/C12H13NO5/c1-13-9-7-8(11(15)17-6-2-5-14)3-4-10(9)18-12(13)16/h3-4,7,14H,2,5-6H2,1H3. The van der Waals surface area contributed by atoms with Crippen molar-refractivity contribution >= 4 is 17.1 Å². The maximum Gasteiger partial charge on any atom is 0.419 e. The average Bonchev–Trinajstić information content (AvgIpc) is 2.65. The van der Waals surface area contributed by atoms with Crippen molar-refractivity contribution in [1.29, 1.82) is 0 Å². The summed E-state index contributed by atoms with van der Waals surface area (Å²) in [4.78, 5) is 22.9. The van der Waals surface area contributed by atoms with E-state index < -0.39 is 11.7 Å². The number of carbonyl (C=O) groups excluding carboxylic acids is 1. The van der Waals surface area contributed by atoms with E-state index in [0.29, 0.717) is 23.1 Å². The fourth-order valence-electron chi connectivity index (χ4n) is 1.57. The monoisotopic (exact) mass is 251 g/mol. The van der Waals surface area contributed by atoms with Crippen molar-refractivity contribution in [3.8, 4) is 0 Å². The molecule has 0 atom stereocenters. The number of aliphatic hydroxyl groups is 1. The van der Waals surface area contributed by atoms with E-state index in [2.05, 4.69) is 0 Å². The number of rotatable bonds is 4. The Morgan fingerprint density at radius 3 is 3.00 bits per heavy atom. The Labute approximate surface area is 102 Å². The highest BCUT2D eigenvalue weighted by Gasteiger charge is 2.11. The molecule has 0 saturated heterocycles. The molecule has 1 aromatic carbocycles. The van der Waals surface area contributed by atoms with Gasteiger partial charge in [0.25, 0.3) is 0 Å². The first-order chi connectivity index (χ1) is 8.63. The minimum absolute atomic E-state index is 0.0253. The number of carbonyl (C=O) groups is 1. The zero-order valence-electron chi connectivity index (χ0n) is 9.88. The fraction of sp³-hybridized carbons (Fsp3) is 0.333. The van der Waals surface area contributed by atoms with Gasteiger partial charge in [-0.3, -0.25) is 4.57 Å². The van der Waals surface area contributed by atoms with E-state index >= 15 is 0 Å². The first-order valence-corrected chi connectivity index (χ1v) is 5.51. The molecule has 1 heterocycles. The van der Waals surface area contributed by atoms with Crippen LogP contribution in [0.25, 0.3) is 11.1 Å². The number of aryl methyl sites for hydroxylation is 1. The molecule has 2 rings (SSSR count). The summed E-state index contributed by atoms with van der Waals surface area (Å²) in [6.45, 7) is 0.139. The zero-order valence-corrected chi connectivity index (χ0v) is 9.88.